The summed E-state index contributed by atoms with van der Waals surface area (Å²) in [6.45, 7) is 5.20. The highest BCUT2D eigenvalue weighted by Gasteiger charge is 2.59. The van der Waals surface area contributed by atoms with E-state index >= 15 is 0 Å². The first kappa shape index (κ1) is 15.3. The van der Waals surface area contributed by atoms with E-state index in [9.17, 15) is 4.79 Å². The average Bonchev–Trinajstić information content (AvgIpc) is 2.35. The summed E-state index contributed by atoms with van der Waals surface area (Å²) >= 11 is 0. The van der Waals surface area contributed by atoms with E-state index in [1.807, 2.05) is 0 Å². The highest BCUT2D eigenvalue weighted by molar-refractivity contribution is 5.76. The Morgan fingerprint density at radius 3 is 2.67 bits per heavy atom. The Labute approximate surface area is 129 Å². The molecule has 0 aliphatic heterocycles. The quantitative estimate of drug-likeness (QED) is 0.840. The standard InChI is InChI=1S/C18H31NO2/c1-3-21-16-12-15(18(16)8-5-9-18)19-17(20)11-14-7-4-6-13(2)10-14/h13-16H,3-12H2,1-2H3,(H,19,20)/t13-,14+,15+,16-/m1/s1. The minimum atomic E-state index is 0.292. The van der Waals surface area contributed by atoms with Gasteiger partial charge < -0.3 is 10.1 Å². The second kappa shape index (κ2) is 6.28. The van der Waals surface area contributed by atoms with Gasteiger partial charge in [0.25, 0.3) is 0 Å². The molecule has 3 aliphatic rings. The Bertz CT molecular complexity index is 377. The van der Waals surface area contributed by atoms with E-state index in [1.165, 1.54) is 44.9 Å². The highest BCUT2D eigenvalue weighted by Crippen LogP contribution is 2.57. The molecule has 0 unspecified atom stereocenters. The number of hydrogen-bond acceptors (Lipinski definition) is 2. The molecule has 120 valence electrons. The van der Waals surface area contributed by atoms with Gasteiger partial charge in [-0.1, -0.05) is 26.2 Å². The fourth-order valence-electron chi connectivity index (χ4n) is 4.90. The zero-order valence-electron chi connectivity index (χ0n) is 13.7. The molecule has 4 atom stereocenters. The van der Waals surface area contributed by atoms with E-state index in [4.69, 9.17) is 4.74 Å². The first-order chi connectivity index (χ1) is 10.1. The van der Waals surface area contributed by atoms with Gasteiger partial charge in [-0.25, -0.2) is 0 Å². The fourth-order valence-corrected chi connectivity index (χ4v) is 4.90. The molecule has 3 aliphatic carbocycles. The van der Waals surface area contributed by atoms with Gasteiger partial charge in [0.1, 0.15) is 0 Å². The summed E-state index contributed by atoms with van der Waals surface area (Å²) < 4.78 is 5.86. The van der Waals surface area contributed by atoms with Crippen LogP contribution in [0, 0.1) is 17.3 Å². The minimum absolute atomic E-state index is 0.292. The summed E-state index contributed by atoms with van der Waals surface area (Å²) in [6.07, 6.45) is 11.1. The Morgan fingerprint density at radius 1 is 1.24 bits per heavy atom. The van der Waals surface area contributed by atoms with Gasteiger partial charge in [0, 0.05) is 24.5 Å². The van der Waals surface area contributed by atoms with Crippen LogP contribution in [0.4, 0.5) is 0 Å². The lowest BCUT2D eigenvalue weighted by Gasteiger charge is -2.61. The molecule has 3 heteroatoms. The lowest BCUT2D eigenvalue weighted by molar-refractivity contribution is -0.176. The maximum atomic E-state index is 12.4. The van der Waals surface area contributed by atoms with Crippen LogP contribution in [0.5, 0.6) is 0 Å². The van der Waals surface area contributed by atoms with Gasteiger partial charge in [-0.2, -0.15) is 0 Å². The van der Waals surface area contributed by atoms with Gasteiger partial charge in [-0.3, -0.25) is 4.79 Å². The van der Waals surface area contributed by atoms with Crippen molar-refractivity contribution in [3.63, 3.8) is 0 Å². The molecule has 0 bridgehead atoms. The van der Waals surface area contributed by atoms with Gasteiger partial charge in [0.05, 0.1) is 6.10 Å². The summed E-state index contributed by atoms with van der Waals surface area (Å²) in [7, 11) is 0. The van der Waals surface area contributed by atoms with Gasteiger partial charge >= 0.3 is 0 Å². The highest BCUT2D eigenvalue weighted by atomic mass is 16.5. The Hall–Kier alpha value is -0.570. The number of rotatable bonds is 5. The largest absolute Gasteiger partial charge is 0.378 e. The third kappa shape index (κ3) is 2.99. The SMILES string of the molecule is CCO[C@@H]1C[C@H](NC(=O)C[C@H]2CCC[C@@H](C)C2)C12CCC2. The maximum Gasteiger partial charge on any atom is 0.220 e. The molecule has 1 spiro atoms. The van der Waals surface area contributed by atoms with Crippen molar-refractivity contribution in [1.82, 2.24) is 5.32 Å². The van der Waals surface area contributed by atoms with E-state index in [2.05, 4.69) is 19.2 Å². The summed E-state index contributed by atoms with van der Waals surface area (Å²) in [5, 5.41) is 3.34. The van der Waals surface area contributed by atoms with Gasteiger partial charge in [0.15, 0.2) is 0 Å². The van der Waals surface area contributed by atoms with Crippen LogP contribution in [0.25, 0.3) is 0 Å². The van der Waals surface area contributed by atoms with Crippen LogP contribution < -0.4 is 5.32 Å². The zero-order chi connectivity index (χ0) is 14.9. The molecule has 3 rings (SSSR count). The second-order valence-electron chi connectivity index (χ2n) is 7.73. The molecule has 1 amide bonds. The third-order valence-corrected chi connectivity index (χ3v) is 6.29. The number of carbonyl (C=O) groups excluding carboxylic acids is 1. The molecular weight excluding hydrogens is 262 g/mol. The van der Waals surface area contributed by atoms with E-state index in [0.29, 0.717) is 29.4 Å². The molecular formula is C18H31NO2. The van der Waals surface area contributed by atoms with E-state index < -0.39 is 0 Å². The van der Waals surface area contributed by atoms with Crippen molar-refractivity contribution in [2.75, 3.05) is 6.61 Å². The van der Waals surface area contributed by atoms with Crippen LogP contribution in [-0.4, -0.2) is 24.7 Å². The molecule has 21 heavy (non-hydrogen) atoms. The Morgan fingerprint density at radius 2 is 2.05 bits per heavy atom. The molecule has 0 aromatic heterocycles. The van der Waals surface area contributed by atoms with Crippen molar-refractivity contribution < 1.29 is 9.53 Å². The van der Waals surface area contributed by atoms with Crippen LogP contribution in [0.1, 0.15) is 71.6 Å². The molecule has 1 N–H and O–H groups in total. The lowest BCUT2D eigenvalue weighted by atomic mass is 9.51. The Kier molecular flexibility index (Phi) is 4.58. The molecule has 0 radical (unpaired) electrons. The monoisotopic (exact) mass is 293 g/mol. The van der Waals surface area contributed by atoms with E-state index in [-0.39, 0.29) is 0 Å². The summed E-state index contributed by atoms with van der Waals surface area (Å²) in [6, 6.07) is 0.385. The predicted molar refractivity (Wildman–Crippen MR) is 84.0 cm³/mol. The van der Waals surface area contributed by atoms with Crippen molar-refractivity contribution in [2.24, 2.45) is 17.3 Å². The molecule has 0 aromatic carbocycles. The molecule has 0 heterocycles. The fraction of sp³-hybridized carbons (Fsp3) is 0.944. The molecule has 0 aromatic rings. The Balaban J connectivity index is 1.47. The number of ether oxygens (including phenoxy) is 1. The zero-order valence-corrected chi connectivity index (χ0v) is 13.7. The van der Waals surface area contributed by atoms with Crippen molar-refractivity contribution in [3.05, 3.63) is 0 Å². The third-order valence-electron chi connectivity index (χ3n) is 6.29. The van der Waals surface area contributed by atoms with Gasteiger partial charge in [-0.05, 0) is 50.9 Å². The average molecular weight is 293 g/mol. The van der Waals surface area contributed by atoms with Crippen molar-refractivity contribution in [1.29, 1.82) is 0 Å². The molecule has 3 fully saturated rings. The molecule has 0 saturated heterocycles. The van der Waals surface area contributed by atoms with E-state index in [1.54, 1.807) is 0 Å². The van der Waals surface area contributed by atoms with Crippen LogP contribution >= 0.6 is 0 Å². The number of carbonyl (C=O) groups is 1. The number of hydrogen-bond donors (Lipinski definition) is 1. The summed E-state index contributed by atoms with van der Waals surface area (Å²) in [5.74, 6) is 1.72. The van der Waals surface area contributed by atoms with Crippen LogP contribution in [0.2, 0.25) is 0 Å². The van der Waals surface area contributed by atoms with Gasteiger partial charge in [-0.15, -0.1) is 0 Å². The first-order valence-corrected chi connectivity index (χ1v) is 9.05. The molecule has 3 saturated carbocycles. The lowest BCUT2D eigenvalue weighted by Crippen LogP contribution is -2.67. The minimum Gasteiger partial charge on any atom is -0.378 e. The summed E-state index contributed by atoms with van der Waals surface area (Å²) in [5.41, 5.74) is 0.297. The molecule has 3 nitrogen and oxygen atoms in total. The van der Waals surface area contributed by atoms with Crippen LogP contribution in [0.3, 0.4) is 0 Å². The smallest absolute Gasteiger partial charge is 0.220 e. The number of amides is 1. The van der Waals surface area contributed by atoms with Crippen LogP contribution in [0.15, 0.2) is 0 Å². The van der Waals surface area contributed by atoms with Crippen LogP contribution in [-0.2, 0) is 9.53 Å². The number of nitrogens with one attached hydrogen (secondary N) is 1. The normalized spacial score (nSPS) is 37.6. The topological polar surface area (TPSA) is 38.3 Å². The first-order valence-electron chi connectivity index (χ1n) is 9.05. The summed E-state index contributed by atoms with van der Waals surface area (Å²) in [4.78, 5) is 12.4. The predicted octanol–water partition coefficient (Wildman–Crippen LogP) is 3.67. The van der Waals surface area contributed by atoms with Gasteiger partial charge in [0.2, 0.25) is 5.91 Å². The van der Waals surface area contributed by atoms with Crippen molar-refractivity contribution in [2.45, 2.75) is 83.8 Å². The van der Waals surface area contributed by atoms with E-state index in [0.717, 1.165) is 25.4 Å². The van der Waals surface area contributed by atoms with Crippen molar-refractivity contribution in [3.8, 4) is 0 Å². The van der Waals surface area contributed by atoms with Crippen molar-refractivity contribution >= 4 is 5.91 Å². The maximum absolute atomic E-state index is 12.4. The second-order valence-corrected chi connectivity index (χ2v) is 7.73.